The lowest BCUT2D eigenvalue weighted by Crippen LogP contribution is -2.30. The Labute approximate surface area is 93.2 Å². The predicted molar refractivity (Wildman–Crippen MR) is 61.4 cm³/mol. The fraction of sp³-hybridized carbons (Fsp3) is 0.455. The average Bonchev–Trinajstić information content (AvgIpc) is 2.80. The number of H-pyrrole nitrogens is 1. The zero-order valence-corrected chi connectivity index (χ0v) is 8.94. The van der Waals surface area contributed by atoms with Crippen LogP contribution >= 0.6 is 0 Å². The standard InChI is InChI=1S/C11H14N4O/c1-2-8(7-16-5-1)14-11-9-6-13-15-10(9)3-4-12-11/h3-4,6,8H,1-2,5,7H2,(H,12,14)(H,13,15). The highest BCUT2D eigenvalue weighted by atomic mass is 16.5. The quantitative estimate of drug-likeness (QED) is 0.802. The van der Waals surface area contributed by atoms with Crippen molar-refractivity contribution in [3.05, 3.63) is 18.5 Å². The first kappa shape index (κ1) is 9.59. The minimum atomic E-state index is 0.363. The van der Waals surface area contributed by atoms with Crippen molar-refractivity contribution in [3.63, 3.8) is 0 Å². The molecule has 0 radical (unpaired) electrons. The van der Waals surface area contributed by atoms with Crippen LogP contribution in [0.3, 0.4) is 0 Å². The van der Waals surface area contributed by atoms with Crippen LogP contribution in [-0.4, -0.2) is 34.4 Å². The van der Waals surface area contributed by atoms with Crippen LogP contribution < -0.4 is 5.32 Å². The Bertz CT molecular complexity index is 476. The zero-order valence-electron chi connectivity index (χ0n) is 8.94. The van der Waals surface area contributed by atoms with Crippen molar-refractivity contribution in [1.82, 2.24) is 15.2 Å². The number of aromatic amines is 1. The van der Waals surface area contributed by atoms with E-state index in [0.29, 0.717) is 6.04 Å². The number of nitrogens with one attached hydrogen (secondary N) is 2. The van der Waals surface area contributed by atoms with Gasteiger partial charge in [-0.2, -0.15) is 5.10 Å². The number of hydrogen-bond acceptors (Lipinski definition) is 4. The molecule has 1 unspecified atom stereocenters. The van der Waals surface area contributed by atoms with Crippen LogP contribution in [-0.2, 0) is 4.74 Å². The summed E-state index contributed by atoms with van der Waals surface area (Å²) in [6.45, 7) is 1.64. The number of nitrogens with zero attached hydrogens (tertiary/aromatic N) is 2. The minimum absolute atomic E-state index is 0.363. The highest BCUT2D eigenvalue weighted by Gasteiger charge is 2.15. The van der Waals surface area contributed by atoms with Crippen LogP contribution in [0.1, 0.15) is 12.8 Å². The summed E-state index contributed by atoms with van der Waals surface area (Å²) in [5.74, 6) is 0.891. The molecule has 5 heteroatoms. The van der Waals surface area contributed by atoms with Crippen molar-refractivity contribution in [1.29, 1.82) is 0 Å². The Kier molecular flexibility index (Phi) is 2.46. The van der Waals surface area contributed by atoms with Crippen molar-refractivity contribution in [3.8, 4) is 0 Å². The van der Waals surface area contributed by atoms with E-state index in [2.05, 4.69) is 20.5 Å². The molecular weight excluding hydrogens is 204 g/mol. The summed E-state index contributed by atoms with van der Waals surface area (Å²) in [5.41, 5.74) is 1.01. The fourth-order valence-corrected chi connectivity index (χ4v) is 2.03. The molecule has 1 atom stereocenters. The number of rotatable bonds is 2. The highest BCUT2D eigenvalue weighted by Crippen LogP contribution is 2.20. The van der Waals surface area contributed by atoms with E-state index < -0.39 is 0 Å². The largest absolute Gasteiger partial charge is 0.379 e. The molecule has 3 heterocycles. The summed E-state index contributed by atoms with van der Waals surface area (Å²) in [5, 5.41) is 11.4. The first-order chi connectivity index (χ1) is 7.93. The van der Waals surface area contributed by atoms with E-state index in [0.717, 1.165) is 42.8 Å². The second-order valence-corrected chi connectivity index (χ2v) is 4.05. The molecule has 1 aliphatic heterocycles. The maximum absolute atomic E-state index is 5.43. The summed E-state index contributed by atoms with van der Waals surface area (Å²) in [7, 11) is 0. The molecule has 1 saturated heterocycles. The van der Waals surface area contributed by atoms with Gasteiger partial charge in [-0.15, -0.1) is 0 Å². The minimum Gasteiger partial charge on any atom is -0.379 e. The van der Waals surface area contributed by atoms with Crippen molar-refractivity contribution in [2.24, 2.45) is 0 Å². The number of anilines is 1. The molecule has 2 aromatic rings. The monoisotopic (exact) mass is 218 g/mol. The second-order valence-electron chi connectivity index (χ2n) is 4.05. The Morgan fingerprint density at radius 2 is 2.50 bits per heavy atom. The Balaban J connectivity index is 1.85. The van der Waals surface area contributed by atoms with Gasteiger partial charge in [-0.05, 0) is 18.9 Å². The lowest BCUT2D eigenvalue weighted by atomic mass is 10.1. The van der Waals surface area contributed by atoms with E-state index in [1.807, 2.05) is 6.07 Å². The highest BCUT2D eigenvalue weighted by molar-refractivity contribution is 5.88. The first-order valence-corrected chi connectivity index (χ1v) is 5.56. The normalized spacial score (nSPS) is 21.1. The molecule has 3 rings (SSSR count). The van der Waals surface area contributed by atoms with Crippen molar-refractivity contribution < 1.29 is 4.74 Å². The van der Waals surface area contributed by atoms with Gasteiger partial charge in [0.1, 0.15) is 5.82 Å². The average molecular weight is 218 g/mol. The van der Waals surface area contributed by atoms with Gasteiger partial charge in [0.25, 0.3) is 0 Å². The fourth-order valence-electron chi connectivity index (χ4n) is 2.03. The smallest absolute Gasteiger partial charge is 0.137 e. The summed E-state index contributed by atoms with van der Waals surface area (Å²) in [6, 6.07) is 2.28. The summed E-state index contributed by atoms with van der Waals surface area (Å²) in [6.07, 6.45) is 5.83. The van der Waals surface area contributed by atoms with Crippen molar-refractivity contribution >= 4 is 16.7 Å². The van der Waals surface area contributed by atoms with Crippen LogP contribution in [0.5, 0.6) is 0 Å². The molecule has 0 aliphatic carbocycles. The first-order valence-electron chi connectivity index (χ1n) is 5.56. The molecule has 84 valence electrons. The van der Waals surface area contributed by atoms with Crippen LogP contribution in [0.2, 0.25) is 0 Å². The lowest BCUT2D eigenvalue weighted by Gasteiger charge is -2.23. The number of fused-ring (bicyclic) bond motifs is 1. The van der Waals surface area contributed by atoms with Crippen LogP contribution in [0.15, 0.2) is 18.5 Å². The van der Waals surface area contributed by atoms with Gasteiger partial charge in [-0.25, -0.2) is 4.98 Å². The Hall–Kier alpha value is -1.62. The molecule has 16 heavy (non-hydrogen) atoms. The van der Waals surface area contributed by atoms with E-state index in [1.165, 1.54) is 0 Å². The molecule has 1 aliphatic rings. The Morgan fingerprint density at radius 3 is 3.38 bits per heavy atom. The van der Waals surface area contributed by atoms with Crippen molar-refractivity contribution in [2.75, 3.05) is 18.5 Å². The lowest BCUT2D eigenvalue weighted by molar-refractivity contribution is 0.0875. The molecule has 0 spiro atoms. The molecule has 0 aromatic carbocycles. The van der Waals surface area contributed by atoms with Crippen LogP contribution in [0, 0.1) is 0 Å². The van der Waals surface area contributed by atoms with E-state index in [-0.39, 0.29) is 0 Å². The number of ether oxygens (including phenoxy) is 1. The van der Waals surface area contributed by atoms with E-state index in [9.17, 15) is 0 Å². The predicted octanol–water partition coefficient (Wildman–Crippen LogP) is 1.55. The van der Waals surface area contributed by atoms with Gasteiger partial charge >= 0.3 is 0 Å². The van der Waals surface area contributed by atoms with Gasteiger partial charge < -0.3 is 10.1 Å². The van der Waals surface area contributed by atoms with Crippen LogP contribution in [0.25, 0.3) is 10.9 Å². The molecule has 2 aromatic heterocycles. The maximum atomic E-state index is 5.43. The SMILES string of the molecule is c1cc2[nH]ncc2c(NC2CCCOC2)n1. The summed E-state index contributed by atoms with van der Waals surface area (Å²) >= 11 is 0. The molecule has 5 nitrogen and oxygen atoms in total. The molecule has 0 bridgehead atoms. The van der Waals surface area contributed by atoms with E-state index in [1.54, 1.807) is 12.4 Å². The van der Waals surface area contributed by atoms with Gasteiger partial charge in [-0.3, -0.25) is 5.10 Å². The molecule has 1 fully saturated rings. The molecule has 2 N–H and O–H groups in total. The third kappa shape index (κ3) is 1.74. The summed E-state index contributed by atoms with van der Waals surface area (Å²) in [4.78, 5) is 4.35. The third-order valence-electron chi connectivity index (χ3n) is 2.87. The van der Waals surface area contributed by atoms with Gasteiger partial charge in [0.2, 0.25) is 0 Å². The van der Waals surface area contributed by atoms with E-state index in [4.69, 9.17) is 4.74 Å². The van der Waals surface area contributed by atoms with Crippen LogP contribution in [0.4, 0.5) is 5.82 Å². The van der Waals surface area contributed by atoms with Gasteiger partial charge in [0.05, 0.1) is 29.7 Å². The van der Waals surface area contributed by atoms with Gasteiger partial charge in [0.15, 0.2) is 0 Å². The number of aromatic nitrogens is 3. The van der Waals surface area contributed by atoms with Gasteiger partial charge in [0, 0.05) is 12.8 Å². The topological polar surface area (TPSA) is 62.8 Å². The molecule has 0 amide bonds. The van der Waals surface area contributed by atoms with Gasteiger partial charge in [-0.1, -0.05) is 0 Å². The maximum Gasteiger partial charge on any atom is 0.137 e. The number of pyridine rings is 1. The zero-order chi connectivity index (χ0) is 10.8. The number of hydrogen-bond donors (Lipinski definition) is 2. The van der Waals surface area contributed by atoms with E-state index >= 15 is 0 Å². The third-order valence-corrected chi connectivity index (χ3v) is 2.87. The van der Waals surface area contributed by atoms with Crippen molar-refractivity contribution in [2.45, 2.75) is 18.9 Å². The Morgan fingerprint density at radius 1 is 1.50 bits per heavy atom. The molecular formula is C11H14N4O. The second kappa shape index (κ2) is 4.09. The molecule has 0 saturated carbocycles. The summed E-state index contributed by atoms with van der Waals surface area (Å²) < 4.78 is 5.43.